The highest BCUT2D eigenvalue weighted by Crippen LogP contribution is 1.89. The molecular formula is C4H8Br2OS. The van der Waals surface area contributed by atoms with Crippen LogP contribution in [0.5, 0.6) is 0 Å². The van der Waals surface area contributed by atoms with E-state index in [1.807, 2.05) is 0 Å². The quantitative estimate of drug-likeness (QED) is 0.703. The minimum atomic E-state index is -0.614. The molecular weight excluding hydrogens is 256 g/mol. The van der Waals surface area contributed by atoms with Crippen molar-refractivity contribution in [1.29, 1.82) is 0 Å². The molecule has 0 N–H and O–H groups in total. The van der Waals surface area contributed by atoms with Gasteiger partial charge in [0.15, 0.2) is 0 Å². The van der Waals surface area contributed by atoms with Crippen LogP contribution < -0.4 is 0 Å². The van der Waals surface area contributed by atoms with Gasteiger partial charge in [0.05, 0.1) is 0 Å². The SMILES string of the molecule is O=S(CCBr)CCBr. The van der Waals surface area contributed by atoms with Crippen molar-refractivity contribution in [3.63, 3.8) is 0 Å². The second-order valence-electron chi connectivity index (χ2n) is 1.23. The second kappa shape index (κ2) is 6.23. The predicted octanol–water partition coefficient (Wildman–Crippen LogP) is 1.52. The summed E-state index contributed by atoms with van der Waals surface area (Å²) in [6.07, 6.45) is 0. The Labute approximate surface area is 68.9 Å². The Kier molecular flexibility index (Phi) is 7.10. The molecule has 0 rings (SSSR count). The Morgan fingerprint density at radius 2 is 1.50 bits per heavy atom. The molecule has 0 bridgehead atoms. The van der Waals surface area contributed by atoms with E-state index in [1.165, 1.54) is 0 Å². The van der Waals surface area contributed by atoms with Crippen LogP contribution in [0.25, 0.3) is 0 Å². The number of rotatable bonds is 4. The molecule has 0 saturated carbocycles. The molecule has 0 aromatic rings. The Morgan fingerprint density at radius 3 is 1.75 bits per heavy atom. The summed E-state index contributed by atoms with van der Waals surface area (Å²) >= 11 is 6.42. The van der Waals surface area contributed by atoms with Crippen LogP contribution >= 0.6 is 31.9 Å². The fraction of sp³-hybridized carbons (Fsp3) is 1.00. The Bertz CT molecular complexity index is 68.4. The molecule has 0 aliphatic heterocycles. The molecule has 50 valence electrons. The number of hydrogen-bond acceptors (Lipinski definition) is 1. The zero-order chi connectivity index (χ0) is 6.41. The van der Waals surface area contributed by atoms with Crippen LogP contribution in [0.4, 0.5) is 0 Å². The van der Waals surface area contributed by atoms with E-state index in [4.69, 9.17) is 0 Å². The maximum absolute atomic E-state index is 10.7. The summed E-state index contributed by atoms with van der Waals surface area (Å²) in [6.45, 7) is 0. The molecule has 0 aromatic heterocycles. The highest BCUT2D eigenvalue weighted by molar-refractivity contribution is 9.09. The standard InChI is InChI=1S/C4H8Br2OS/c5-1-3-8(7)4-2-6/h1-4H2. The highest BCUT2D eigenvalue weighted by Gasteiger charge is 1.93. The zero-order valence-electron chi connectivity index (χ0n) is 4.40. The van der Waals surface area contributed by atoms with Crippen LogP contribution in [0.1, 0.15) is 0 Å². The molecule has 0 atom stereocenters. The van der Waals surface area contributed by atoms with E-state index in [9.17, 15) is 4.21 Å². The lowest BCUT2D eigenvalue weighted by Crippen LogP contribution is -2.03. The molecule has 0 saturated heterocycles. The van der Waals surface area contributed by atoms with E-state index in [1.54, 1.807) is 0 Å². The van der Waals surface area contributed by atoms with Crippen LogP contribution in [-0.2, 0) is 10.8 Å². The van der Waals surface area contributed by atoms with Crippen molar-refractivity contribution in [1.82, 2.24) is 0 Å². The van der Waals surface area contributed by atoms with Gasteiger partial charge in [-0.05, 0) is 0 Å². The van der Waals surface area contributed by atoms with Crippen LogP contribution in [-0.4, -0.2) is 26.4 Å². The summed E-state index contributed by atoms with van der Waals surface area (Å²) in [5, 5.41) is 1.68. The van der Waals surface area contributed by atoms with Gasteiger partial charge < -0.3 is 0 Å². The molecule has 0 unspecified atom stereocenters. The molecule has 1 nitrogen and oxygen atoms in total. The van der Waals surface area contributed by atoms with Gasteiger partial charge in [-0.1, -0.05) is 31.9 Å². The topological polar surface area (TPSA) is 17.1 Å². The van der Waals surface area contributed by atoms with Gasteiger partial charge in [0.2, 0.25) is 0 Å². The molecule has 0 spiro atoms. The molecule has 0 radical (unpaired) electrons. The summed E-state index contributed by atoms with van der Waals surface area (Å²) < 4.78 is 10.7. The second-order valence-corrected chi connectivity index (χ2v) is 4.51. The Balaban J connectivity index is 3.06. The van der Waals surface area contributed by atoms with Crippen molar-refractivity contribution >= 4 is 42.7 Å². The lowest BCUT2D eigenvalue weighted by molar-refractivity contribution is 0.685. The van der Waals surface area contributed by atoms with E-state index in [-0.39, 0.29) is 0 Å². The third kappa shape index (κ3) is 5.25. The first kappa shape index (κ1) is 9.11. The molecule has 0 aliphatic rings. The summed E-state index contributed by atoms with van der Waals surface area (Å²) in [7, 11) is -0.614. The van der Waals surface area contributed by atoms with E-state index in [0.29, 0.717) is 0 Å². The van der Waals surface area contributed by atoms with Crippen LogP contribution in [0.2, 0.25) is 0 Å². The van der Waals surface area contributed by atoms with Crippen molar-refractivity contribution in [2.75, 3.05) is 22.2 Å². The Hall–Kier alpha value is 1.11. The van der Waals surface area contributed by atoms with Crippen molar-refractivity contribution < 1.29 is 4.21 Å². The van der Waals surface area contributed by atoms with Gasteiger partial charge in [0, 0.05) is 33.0 Å². The molecule has 0 heterocycles. The van der Waals surface area contributed by atoms with Gasteiger partial charge in [0.25, 0.3) is 0 Å². The molecule has 4 heteroatoms. The predicted molar refractivity (Wildman–Crippen MR) is 45.5 cm³/mol. The van der Waals surface area contributed by atoms with Gasteiger partial charge in [0.1, 0.15) is 0 Å². The van der Waals surface area contributed by atoms with Crippen LogP contribution in [0, 0.1) is 0 Å². The summed E-state index contributed by atoms with van der Waals surface area (Å²) in [5.41, 5.74) is 0. The Morgan fingerprint density at radius 1 is 1.12 bits per heavy atom. The average Bonchev–Trinajstić information content (AvgIpc) is 1.68. The van der Waals surface area contributed by atoms with E-state index >= 15 is 0 Å². The summed E-state index contributed by atoms with van der Waals surface area (Å²) in [4.78, 5) is 0. The van der Waals surface area contributed by atoms with E-state index in [0.717, 1.165) is 22.2 Å². The van der Waals surface area contributed by atoms with Crippen molar-refractivity contribution in [2.45, 2.75) is 0 Å². The van der Waals surface area contributed by atoms with E-state index in [2.05, 4.69) is 31.9 Å². The summed E-state index contributed by atoms with van der Waals surface area (Å²) in [6, 6.07) is 0. The fourth-order valence-electron chi connectivity index (χ4n) is 0.274. The zero-order valence-corrected chi connectivity index (χ0v) is 8.39. The molecule has 8 heavy (non-hydrogen) atoms. The minimum Gasteiger partial charge on any atom is -0.260 e. The first-order valence-corrected chi connectivity index (χ1v) is 6.01. The van der Waals surface area contributed by atoms with Gasteiger partial charge in [-0.2, -0.15) is 0 Å². The third-order valence-corrected chi connectivity index (χ3v) is 3.77. The van der Waals surface area contributed by atoms with E-state index < -0.39 is 10.8 Å². The van der Waals surface area contributed by atoms with Gasteiger partial charge >= 0.3 is 0 Å². The normalized spacial score (nSPS) is 10.4. The molecule has 0 aliphatic carbocycles. The number of halogens is 2. The average molecular weight is 264 g/mol. The van der Waals surface area contributed by atoms with Gasteiger partial charge in [-0.25, -0.2) is 0 Å². The molecule has 0 fully saturated rings. The lowest BCUT2D eigenvalue weighted by Gasteiger charge is -1.91. The van der Waals surface area contributed by atoms with Crippen molar-refractivity contribution in [3.05, 3.63) is 0 Å². The first-order chi connectivity index (χ1) is 3.81. The maximum atomic E-state index is 10.7. The fourth-order valence-corrected chi connectivity index (χ4v) is 2.99. The van der Waals surface area contributed by atoms with Crippen LogP contribution in [0.3, 0.4) is 0 Å². The smallest absolute Gasteiger partial charge is 0.0332 e. The largest absolute Gasteiger partial charge is 0.260 e. The maximum Gasteiger partial charge on any atom is 0.0332 e. The third-order valence-electron chi connectivity index (χ3n) is 0.610. The van der Waals surface area contributed by atoms with Crippen molar-refractivity contribution in [2.24, 2.45) is 0 Å². The monoisotopic (exact) mass is 262 g/mol. The minimum absolute atomic E-state index is 0.614. The van der Waals surface area contributed by atoms with Crippen molar-refractivity contribution in [3.8, 4) is 0 Å². The molecule has 0 aromatic carbocycles. The van der Waals surface area contributed by atoms with Gasteiger partial charge in [-0.3, -0.25) is 4.21 Å². The molecule has 0 amide bonds. The number of hydrogen-bond donors (Lipinski definition) is 0. The lowest BCUT2D eigenvalue weighted by atomic mass is 11.0. The highest BCUT2D eigenvalue weighted by atomic mass is 79.9. The first-order valence-electron chi connectivity index (χ1n) is 2.28. The number of alkyl halides is 2. The van der Waals surface area contributed by atoms with Gasteiger partial charge in [-0.15, -0.1) is 0 Å². The summed E-state index contributed by atoms with van der Waals surface area (Å²) in [5.74, 6) is 1.54. The van der Waals surface area contributed by atoms with Crippen LogP contribution in [0.15, 0.2) is 0 Å².